The molecule has 0 aliphatic carbocycles. The van der Waals surface area contributed by atoms with Gasteiger partial charge >= 0.3 is 0 Å². The van der Waals surface area contributed by atoms with E-state index in [0.717, 1.165) is 5.56 Å². The molecule has 0 aliphatic heterocycles. The van der Waals surface area contributed by atoms with Crippen LogP contribution in [0.3, 0.4) is 0 Å². The van der Waals surface area contributed by atoms with Gasteiger partial charge in [-0.25, -0.2) is 17.8 Å². The van der Waals surface area contributed by atoms with Crippen LogP contribution in [0, 0.1) is 5.82 Å². The van der Waals surface area contributed by atoms with Crippen LogP contribution in [0.15, 0.2) is 71.5 Å². The Morgan fingerprint density at radius 1 is 1.17 bits per heavy atom. The van der Waals surface area contributed by atoms with Crippen molar-refractivity contribution in [2.24, 2.45) is 0 Å². The Morgan fingerprint density at radius 2 is 1.83 bits per heavy atom. The lowest BCUT2D eigenvalue weighted by Gasteiger charge is -2.18. The molecule has 29 heavy (non-hydrogen) atoms. The van der Waals surface area contributed by atoms with E-state index in [1.54, 1.807) is 36.6 Å². The summed E-state index contributed by atoms with van der Waals surface area (Å²) in [5.41, 5.74) is 1.81. The van der Waals surface area contributed by atoms with E-state index >= 15 is 0 Å². The summed E-state index contributed by atoms with van der Waals surface area (Å²) in [6.45, 7) is 5.34. The molecule has 3 aromatic rings. The SMILES string of the molecule is C=CC(=O)N(c1ccc(S(=O)(=O)CCC)cc1)c1nc(-c2ccc(F)cc2)cs1. The molecule has 0 atom stereocenters. The second-order valence-electron chi connectivity index (χ2n) is 6.21. The lowest BCUT2D eigenvalue weighted by molar-refractivity contribution is -0.113. The topological polar surface area (TPSA) is 67.3 Å². The molecular formula is C21H19FN2O3S2. The van der Waals surface area contributed by atoms with Crippen LogP contribution in [0.25, 0.3) is 11.3 Å². The lowest BCUT2D eigenvalue weighted by Crippen LogP contribution is -2.23. The molecule has 0 unspecified atom stereocenters. The molecule has 0 fully saturated rings. The second kappa shape index (κ2) is 8.67. The van der Waals surface area contributed by atoms with Crippen molar-refractivity contribution in [2.45, 2.75) is 18.2 Å². The van der Waals surface area contributed by atoms with Crippen LogP contribution in [0.1, 0.15) is 13.3 Å². The van der Waals surface area contributed by atoms with E-state index in [1.165, 1.54) is 46.6 Å². The minimum Gasteiger partial charge on any atom is -0.269 e. The zero-order valence-corrected chi connectivity index (χ0v) is 17.3. The fourth-order valence-electron chi connectivity index (χ4n) is 2.73. The van der Waals surface area contributed by atoms with E-state index < -0.39 is 15.7 Å². The fourth-order valence-corrected chi connectivity index (χ4v) is 4.91. The van der Waals surface area contributed by atoms with Crippen LogP contribution in [-0.2, 0) is 14.6 Å². The van der Waals surface area contributed by atoms with Crippen molar-refractivity contribution in [3.05, 3.63) is 72.4 Å². The van der Waals surface area contributed by atoms with Crippen LogP contribution < -0.4 is 4.90 Å². The summed E-state index contributed by atoms with van der Waals surface area (Å²) in [5.74, 6) is -0.672. The third-order valence-corrected chi connectivity index (χ3v) is 6.91. The van der Waals surface area contributed by atoms with Crippen molar-refractivity contribution in [1.82, 2.24) is 4.98 Å². The van der Waals surface area contributed by atoms with Gasteiger partial charge in [0.15, 0.2) is 15.0 Å². The number of carbonyl (C=O) groups excluding carboxylic acids is 1. The Labute approximate surface area is 173 Å². The highest BCUT2D eigenvalue weighted by molar-refractivity contribution is 7.91. The number of anilines is 2. The number of rotatable bonds is 7. The number of hydrogen-bond acceptors (Lipinski definition) is 5. The van der Waals surface area contributed by atoms with Crippen LogP contribution in [-0.4, -0.2) is 25.1 Å². The van der Waals surface area contributed by atoms with Crippen LogP contribution in [0.2, 0.25) is 0 Å². The van der Waals surface area contributed by atoms with Gasteiger partial charge in [0.05, 0.1) is 22.0 Å². The minimum atomic E-state index is -3.35. The number of thiazole rings is 1. The van der Waals surface area contributed by atoms with Crippen molar-refractivity contribution in [1.29, 1.82) is 0 Å². The van der Waals surface area contributed by atoms with Gasteiger partial charge in [-0.05, 0) is 61.0 Å². The van der Waals surface area contributed by atoms with Crippen molar-refractivity contribution < 1.29 is 17.6 Å². The average molecular weight is 431 g/mol. The molecule has 0 aliphatic rings. The molecule has 0 radical (unpaired) electrons. The Morgan fingerprint density at radius 3 is 2.41 bits per heavy atom. The first-order chi connectivity index (χ1) is 13.9. The van der Waals surface area contributed by atoms with Gasteiger partial charge < -0.3 is 0 Å². The number of hydrogen-bond donors (Lipinski definition) is 0. The minimum absolute atomic E-state index is 0.0646. The Balaban J connectivity index is 1.96. The molecule has 0 N–H and O–H groups in total. The summed E-state index contributed by atoms with van der Waals surface area (Å²) < 4.78 is 37.6. The molecule has 8 heteroatoms. The largest absolute Gasteiger partial charge is 0.269 e. The molecular weight excluding hydrogens is 411 g/mol. The highest BCUT2D eigenvalue weighted by Crippen LogP contribution is 2.33. The monoisotopic (exact) mass is 430 g/mol. The maximum absolute atomic E-state index is 13.1. The van der Waals surface area contributed by atoms with Crippen LogP contribution in [0.4, 0.5) is 15.2 Å². The molecule has 3 rings (SSSR count). The molecule has 0 saturated carbocycles. The molecule has 1 aromatic heterocycles. The lowest BCUT2D eigenvalue weighted by atomic mass is 10.2. The molecule has 1 heterocycles. The Kier molecular flexibility index (Phi) is 6.24. The molecule has 0 bridgehead atoms. The summed E-state index contributed by atoms with van der Waals surface area (Å²) in [5, 5.41) is 2.17. The highest BCUT2D eigenvalue weighted by atomic mass is 32.2. The van der Waals surface area contributed by atoms with Crippen molar-refractivity contribution in [2.75, 3.05) is 10.7 Å². The fraction of sp³-hybridized carbons (Fsp3) is 0.143. The predicted molar refractivity (Wildman–Crippen MR) is 114 cm³/mol. The van der Waals surface area contributed by atoms with Crippen molar-refractivity contribution >= 4 is 37.9 Å². The predicted octanol–water partition coefficient (Wildman–Crippen LogP) is 4.98. The molecule has 1 amide bonds. The van der Waals surface area contributed by atoms with Gasteiger partial charge in [-0.3, -0.25) is 9.69 Å². The Hall–Kier alpha value is -2.84. The molecule has 2 aromatic carbocycles. The van der Waals surface area contributed by atoms with Crippen molar-refractivity contribution in [3.63, 3.8) is 0 Å². The normalized spacial score (nSPS) is 11.2. The van der Waals surface area contributed by atoms with E-state index in [4.69, 9.17) is 0 Å². The quantitative estimate of drug-likeness (QED) is 0.496. The maximum Gasteiger partial charge on any atom is 0.256 e. The summed E-state index contributed by atoms with van der Waals surface area (Å²) in [4.78, 5) is 18.6. The summed E-state index contributed by atoms with van der Waals surface area (Å²) in [6, 6.07) is 12.0. The maximum atomic E-state index is 13.1. The van der Waals surface area contributed by atoms with Gasteiger partial charge in [-0.15, -0.1) is 11.3 Å². The number of sulfone groups is 1. The van der Waals surface area contributed by atoms with Crippen LogP contribution >= 0.6 is 11.3 Å². The molecule has 0 saturated heterocycles. The highest BCUT2D eigenvalue weighted by Gasteiger charge is 2.21. The number of benzene rings is 2. The van der Waals surface area contributed by atoms with E-state index in [2.05, 4.69) is 11.6 Å². The zero-order valence-electron chi connectivity index (χ0n) is 15.7. The molecule has 150 valence electrons. The Bertz CT molecular complexity index is 1120. The van der Waals surface area contributed by atoms with E-state index in [0.29, 0.717) is 22.9 Å². The van der Waals surface area contributed by atoms with Gasteiger partial charge in [0.2, 0.25) is 0 Å². The van der Waals surface area contributed by atoms with Gasteiger partial charge in [0.1, 0.15) is 5.82 Å². The standard InChI is InChI=1S/C21H19FN2O3S2/c1-3-13-29(26,27)18-11-9-17(10-12-18)24(20(25)4-2)21-23-19(14-28-21)15-5-7-16(22)8-6-15/h4-12,14H,2-3,13H2,1H3. The number of nitrogens with zero attached hydrogens (tertiary/aromatic N) is 2. The first-order valence-electron chi connectivity index (χ1n) is 8.86. The summed E-state index contributed by atoms with van der Waals surface area (Å²) in [7, 11) is -3.35. The molecule has 0 spiro atoms. The third kappa shape index (κ3) is 4.60. The van der Waals surface area contributed by atoms with Gasteiger partial charge in [-0.2, -0.15) is 0 Å². The second-order valence-corrected chi connectivity index (χ2v) is 9.16. The van der Waals surface area contributed by atoms with Gasteiger partial charge in [-0.1, -0.05) is 13.5 Å². The number of halogens is 1. The average Bonchev–Trinajstić information content (AvgIpc) is 3.18. The van der Waals surface area contributed by atoms with E-state index in [-0.39, 0.29) is 16.5 Å². The van der Waals surface area contributed by atoms with E-state index in [9.17, 15) is 17.6 Å². The zero-order chi connectivity index (χ0) is 21.0. The third-order valence-electron chi connectivity index (χ3n) is 4.15. The van der Waals surface area contributed by atoms with E-state index in [1.807, 2.05) is 0 Å². The van der Waals surface area contributed by atoms with Crippen LogP contribution in [0.5, 0.6) is 0 Å². The first kappa shape index (κ1) is 20.9. The number of carbonyl (C=O) groups is 1. The number of aromatic nitrogens is 1. The smallest absolute Gasteiger partial charge is 0.256 e. The van der Waals surface area contributed by atoms with Gasteiger partial charge in [0, 0.05) is 10.9 Å². The number of amides is 1. The van der Waals surface area contributed by atoms with Gasteiger partial charge in [0.25, 0.3) is 5.91 Å². The summed E-state index contributed by atoms with van der Waals surface area (Å²) in [6.07, 6.45) is 1.69. The first-order valence-corrected chi connectivity index (χ1v) is 11.4. The summed E-state index contributed by atoms with van der Waals surface area (Å²) >= 11 is 1.25. The molecule has 5 nitrogen and oxygen atoms in total. The van der Waals surface area contributed by atoms with Crippen molar-refractivity contribution in [3.8, 4) is 11.3 Å².